The summed E-state index contributed by atoms with van der Waals surface area (Å²) in [7, 11) is 1.55. The summed E-state index contributed by atoms with van der Waals surface area (Å²) < 4.78 is 5.42. The second kappa shape index (κ2) is 8.71. The molecule has 3 aromatic carbocycles. The zero-order valence-corrected chi connectivity index (χ0v) is 18.4. The first kappa shape index (κ1) is 21.2. The Hall–Kier alpha value is -3.64. The van der Waals surface area contributed by atoms with Crippen molar-refractivity contribution < 1.29 is 19.4 Å². The number of aliphatic hydroxyl groups excluding tert-OH is 1. The quantitative estimate of drug-likeness (QED) is 0.659. The number of anilines is 1. The molecule has 6 heteroatoms. The van der Waals surface area contributed by atoms with Crippen molar-refractivity contribution in [2.24, 2.45) is 0 Å². The summed E-state index contributed by atoms with van der Waals surface area (Å²) in [6.07, 6.45) is 0.267. The van der Waals surface area contributed by atoms with Gasteiger partial charge in [0.25, 0.3) is 5.91 Å². The third-order valence-corrected chi connectivity index (χ3v) is 6.76. The van der Waals surface area contributed by atoms with Gasteiger partial charge < -0.3 is 19.6 Å². The highest BCUT2D eigenvalue weighted by molar-refractivity contribution is 6.09. The van der Waals surface area contributed by atoms with Gasteiger partial charge in [0.2, 0.25) is 5.91 Å². The number of hydrogen-bond donors (Lipinski definition) is 1. The normalized spacial score (nSPS) is 21.0. The van der Waals surface area contributed by atoms with Crippen LogP contribution < -0.4 is 9.64 Å². The summed E-state index contributed by atoms with van der Waals surface area (Å²) in [5.41, 5.74) is 3.22. The number of carbonyl (C=O) groups is 2. The molecule has 2 amide bonds. The summed E-state index contributed by atoms with van der Waals surface area (Å²) in [5, 5.41) is 10.2. The lowest BCUT2D eigenvalue weighted by molar-refractivity contribution is -0.149. The third-order valence-electron chi connectivity index (χ3n) is 6.76. The van der Waals surface area contributed by atoms with Crippen molar-refractivity contribution in [3.8, 4) is 5.75 Å². The van der Waals surface area contributed by atoms with E-state index < -0.39 is 0 Å². The minimum atomic E-state index is -0.295. The van der Waals surface area contributed by atoms with Crippen molar-refractivity contribution in [2.75, 3.05) is 25.2 Å². The maximum Gasteiger partial charge on any atom is 0.262 e. The molecule has 0 aromatic heterocycles. The van der Waals surface area contributed by atoms with E-state index in [1.807, 2.05) is 66.7 Å². The standard InChI is InChI=1S/C27H26N2O4/c1-33-24-14-8-6-12-20(24)27(32)28-16-22-26(19-11-5-7-13-21(19)28)23(17-30)29(22)25(31)15-18-9-3-2-4-10-18/h2-14,22-23,26,30H,15-17H2,1H3/t22-,23-,26+/m0/s1. The number of nitrogens with zero attached hydrogens (tertiary/aromatic N) is 2. The van der Waals surface area contributed by atoms with Crippen LogP contribution in [0, 0.1) is 0 Å². The minimum Gasteiger partial charge on any atom is -0.496 e. The topological polar surface area (TPSA) is 70.1 Å². The van der Waals surface area contributed by atoms with Gasteiger partial charge in [-0.15, -0.1) is 0 Å². The zero-order chi connectivity index (χ0) is 22.9. The molecule has 6 nitrogen and oxygen atoms in total. The molecule has 1 saturated heterocycles. The van der Waals surface area contributed by atoms with E-state index in [0.717, 1.165) is 16.8 Å². The zero-order valence-electron chi connectivity index (χ0n) is 18.4. The van der Waals surface area contributed by atoms with E-state index in [4.69, 9.17) is 4.74 Å². The summed E-state index contributed by atoms with van der Waals surface area (Å²) in [6.45, 7) is 0.256. The Labute approximate surface area is 193 Å². The van der Waals surface area contributed by atoms with Gasteiger partial charge in [-0.1, -0.05) is 60.7 Å². The largest absolute Gasteiger partial charge is 0.496 e. The van der Waals surface area contributed by atoms with E-state index in [-0.39, 0.29) is 42.8 Å². The second-order valence-corrected chi connectivity index (χ2v) is 8.48. The molecule has 33 heavy (non-hydrogen) atoms. The van der Waals surface area contributed by atoms with Crippen molar-refractivity contribution in [2.45, 2.75) is 24.4 Å². The Morgan fingerprint density at radius 1 is 0.970 bits per heavy atom. The van der Waals surface area contributed by atoms with E-state index in [2.05, 4.69) is 0 Å². The first-order valence-electron chi connectivity index (χ1n) is 11.1. The fourth-order valence-corrected chi connectivity index (χ4v) is 5.26. The van der Waals surface area contributed by atoms with Crippen LogP contribution >= 0.6 is 0 Å². The van der Waals surface area contributed by atoms with Crippen LogP contribution in [0.15, 0.2) is 78.9 Å². The average Bonchev–Trinajstić information content (AvgIpc) is 2.84. The molecule has 2 aliphatic heterocycles. The number of ether oxygens (including phenoxy) is 1. The highest BCUT2D eigenvalue weighted by Crippen LogP contribution is 2.48. The van der Waals surface area contributed by atoms with E-state index in [1.54, 1.807) is 29.0 Å². The van der Waals surface area contributed by atoms with Crippen LogP contribution in [-0.2, 0) is 11.2 Å². The molecular formula is C27H26N2O4. The Morgan fingerprint density at radius 2 is 1.67 bits per heavy atom. The smallest absolute Gasteiger partial charge is 0.262 e. The first-order chi connectivity index (χ1) is 16.1. The molecule has 168 valence electrons. The number of likely N-dealkylation sites (tertiary alicyclic amines) is 1. The lowest BCUT2D eigenvalue weighted by atomic mass is 9.71. The van der Waals surface area contributed by atoms with Gasteiger partial charge in [-0.05, 0) is 29.3 Å². The van der Waals surface area contributed by atoms with E-state index >= 15 is 0 Å². The Morgan fingerprint density at radius 3 is 2.42 bits per heavy atom. The van der Waals surface area contributed by atoms with Crippen molar-refractivity contribution in [3.63, 3.8) is 0 Å². The molecule has 3 aromatic rings. The number of aliphatic hydroxyl groups is 1. The van der Waals surface area contributed by atoms with Gasteiger partial charge in [-0.25, -0.2) is 0 Å². The van der Waals surface area contributed by atoms with Crippen LogP contribution in [0.1, 0.15) is 27.4 Å². The Kier molecular flexibility index (Phi) is 5.60. The molecule has 0 saturated carbocycles. The highest BCUT2D eigenvalue weighted by Gasteiger charge is 2.55. The molecule has 1 fully saturated rings. The van der Waals surface area contributed by atoms with Gasteiger partial charge >= 0.3 is 0 Å². The number of hydrogen-bond acceptors (Lipinski definition) is 4. The molecular weight excluding hydrogens is 416 g/mol. The van der Waals surface area contributed by atoms with Crippen molar-refractivity contribution in [3.05, 3.63) is 95.6 Å². The third kappa shape index (κ3) is 3.56. The molecule has 0 bridgehead atoms. The van der Waals surface area contributed by atoms with E-state index in [0.29, 0.717) is 17.9 Å². The monoisotopic (exact) mass is 442 g/mol. The predicted molar refractivity (Wildman–Crippen MR) is 126 cm³/mol. The Bertz CT molecular complexity index is 1180. The molecule has 0 aliphatic carbocycles. The number of fused-ring (bicyclic) bond motifs is 3. The fourth-order valence-electron chi connectivity index (χ4n) is 5.26. The van der Waals surface area contributed by atoms with Crippen LogP contribution in [0.5, 0.6) is 5.75 Å². The van der Waals surface area contributed by atoms with Gasteiger partial charge in [0.05, 0.1) is 37.8 Å². The van der Waals surface area contributed by atoms with Crippen LogP contribution in [0.25, 0.3) is 0 Å². The molecule has 5 rings (SSSR count). The predicted octanol–water partition coefficient (Wildman–Crippen LogP) is 3.25. The van der Waals surface area contributed by atoms with E-state index in [1.165, 1.54) is 0 Å². The second-order valence-electron chi connectivity index (χ2n) is 8.48. The SMILES string of the molecule is COc1ccccc1C(=O)N1C[C@H]2[C@@H](c3ccccc31)[C@H](CO)N2C(=O)Cc1ccccc1. The molecule has 0 radical (unpaired) electrons. The summed E-state index contributed by atoms with van der Waals surface area (Å²) in [6, 6.07) is 24.1. The van der Waals surface area contributed by atoms with Gasteiger partial charge in [0, 0.05) is 18.2 Å². The number of methoxy groups -OCH3 is 1. The highest BCUT2D eigenvalue weighted by atomic mass is 16.5. The molecule has 2 heterocycles. The molecule has 2 aliphatic rings. The molecule has 1 N–H and O–H groups in total. The summed E-state index contributed by atoms with van der Waals surface area (Å²) in [4.78, 5) is 30.4. The van der Waals surface area contributed by atoms with Gasteiger partial charge in [-0.3, -0.25) is 9.59 Å². The number of para-hydroxylation sites is 2. The lowest BCUT2D eigenvalue weighted by Crippen LogP contribution is -2.71. The average molecular weight is 443 g/mol. The Balaban J connectivity index is 1.49. The number of carbonyl (C=O) groups excluding carboxylic acids is 2. The molecule has 0 spiro atoms. The number of amides is 2. The maximum absolute atomic E-state index is 13.6. The van der Waals surface area contributed by atoms with Gasteiger partial charge in [-0.2, -0.15) is 0 Å². The maximum atomic E-state index is 13.6. The van der Waals surface area contributed by atoms with Crippen LogP contribution in [-0.4, -0.2) is 54.2 Å². The number of benzene rings is 3. The van der Waals surface area contributed by atoms with Crippen molar-refractivity contribution >= 4 is 17.5 Å². The summed E-state index contributed by atoms with van der Waals surface area (Å²) in [5.74, 6) is 0.306. The van der Waals surface area contributed by atoms with Crippen LogP contribution in [0.2, 0.25) is 0 Å². The van der Waals surface area contributed by atoms with Crippen LogP contribution in [0.3, 0.4) is 0 Å². The van der Waals surface area contributed by atoms with Crippen LogP contribution in [0.4, 0.5) is 5.69 Å². The van der Waals surface area contributed by atoms with Gasteiger partial charge in [0.15, 0.2) is 0 Å². The van der Waals surface area contributed by atoms with E-state index in [9.17, 15) is 14.7 Å². The number of rotatable bonds is 5. The summed E-state index contributed by atoms with van der Waals surface area (Å²) >= 11 is 0. The molecule has 0 unspecified atom stereocenters. The molecule has 3 atom stereocenters. The minimum absolute atomic E-state index is 0.00681. The van der Waals surface area contributed by atoms with Crippen molar-refractivity contribution in [1.29, 1.82) is 0 Å². The lowest BCUT2D eigenvalue weighted by Gasteiger charge is -2.59. The van der Waals surface area contributed by atoms with Crippen molar-refractivity contribution in [1.82, 2.24) is 4.90 Å². The first-order valence-corrected chi connectivity index (χ1v) is 11.1. The van der Waals surface area contributed by atoms with Gasteiger partial charge in [0.1, 0.15) is 5.75 Å². The fraction of sp³-hybridized carbons (Fsp3) is 0.259.